The van der Waals surface area contributed by atoms with E-state index in [9.17, 15) is 4.79 Å². The fourth-order valence-electron chi connectivity index (χ4n) is 1.72. The zero-order valence-electron chi connectivity index (χ0n) is 11.1. The molecule has 1 aromatic carbocycles. The first-order chi connectivity index (χ1) is 8.61. The first-order valence-corrected chi connectivity index (χ1v) is 6.95. The fraction of sp³-hybridized carbons (Fsp3) is 0.500. The van der Waals surface area contributed by atoms with E-state index in [4.69, 9.17) is 4.74 Å². The number of carbonyl (C=O) groups excluding carboxylic acids is 1. The molecule has 0 saturated carbocycles. The maximum Gasteiger partial charge on any atom is 0.255 e. The van der Waals surface area contributed by atoms with Crippen molar-refractivity contribution < 1.29 is 9.53 Å². The highest BCUT2D eigenvalue weighted by atomic mass is 79.9. The van der Waals surface area contributed by atoms with Gasteiger partial charge in [-0.05, 0) is 41.4 Å². The van der Waals surface area contributed by atoms with Gasteiger partial charge in [-0.3, -0.25) is 4.79 Å². The fourth-order valence-corrected chi connectivity index (χ4v) is 2.18. The number of ether oxygens (including phenoxy) is 1. The van der Waals surface area contributed by atoms with Crippen LogP contribution in [0.15, 0.2) is 28.7 Å². The van der Waals surface area contributed by atoms with Gasteiger partial charge >= 0.3 is 0 Å². The maximum atomic E-state index is 12.5. The molecule has 0 aromatic heterocycles. The first-order valence-electron chi connectivity index (χ1n) is 6.16. The molecule has 4 heteroatoms. The van der Waals surface area contributed by atoms with Gasteiger partial charge in [0.2, 0.25) is 0 Å². The predicted octanol–water partition coefficient (Wildman–Crippen LogP) is 3.34. The second-order valence-electron chi connectivity index (χ2n) is 4.23. The van der Waals surface area contributed by atoms with Crippen molar-refractivity contribution in [3.05, 3.63) is 34.3 Å². The molecule has 1 unspecified atom stereocenters. The lowest BCUT2D eigenvalue weighted by atomic mass is 10.1. The van der Waals surface area contributed by atoms with Crippen LogP contribution in [0.3, 0.4) is 0 Å². The highest BCUT2D eigenvalue weighted by Crippen LogP contribution is 2.19. The summed E-state index contributed by atoms with van der Waals surface area (Å²) >= 11 is 3.43. The minimum Gasteiger partial charge on any atom is -0.383 e. The minimum atomic E-state index is 0.0499. The highest BCUT2D eigenvalue weighted by molar-refractivity contribution is 9.10. The Morgan fingerprint density at radius 1 is 1.44 bits per heavy atom. The van der Waals surface area contributed by atoms with E-state index < -0.39 is 0 Å². The van der Waals surface area contributed by atoms with Gasteiger partial charge in [0, 0.05) is 24.2 Å². The SMILES string of the molecule is CCC(C)N(CCOC)C(=O)c1ccccc1Br. The van der Waals surface area contributed by atoms with E-state index >= 15 is 0 Å². The number of amides is 1. The predicted molar refractivity (Wildman–Crippen MR) is 76.8 cm³/mol. The van der Waals surface area contributed by atoms with Crippen LogP contribution in [0.5, 0.6) is 0 Å². The van der Waals surface area contributed by atoms with Crippen LogP contribution in [0.1, 0.15) is 30.6 Å². The molecule has 1 atom stereocenters. The summed E-state index contributed by atoms with van der Waals surface area (Å²) in [6.45, 7) is 5.31. The molecule has 0 spiro atoms. The Balaban J connectivity index is 2.91. The number of carbonyl (C=O) groups is 1. The number of methoxy groups -OCH3 is 1. The van der Waals surface area contributed by atoms with Crippen molar-refractivity contribution in [1.29, 1.82) is 0 Å². The summed E-state index contributed by atoms with van der Waals surface area (Å²) < 4.78 is 5.91. The molecular formula is C14H20BrNO2. The quantitative estimate of drug-likeness (QED) is 0.806. The molecule has 0 saturated heterocycles. The summed E-state index contributed by atoms with van der Waals surface area (Å²) in [6.07, 6.45) is 0.930. The lowest BCUT2D eigenvalue weighted by Crippen LogP contribution is -2.40. The van der Waals surface area contributed by atoms with Crippen LogP contribution in [0.25, 0.3) is 0 Å². The van der Waals surface area contributed by atoms with E-state index in [0.717, 1.165) is 10.9 Å². The Hall–Kier alpha value is -0.870. The van der Waals surface area contributed by atoms with Gasteiger partial charge < -0.3 is 9.64 Å². The molecule has 1 rings (SSSR count). The van der Waals surface area contributed by atoms with Crippen molar-refractivity contribution in [3.8, 4) is 0 Å². The molecule has 1 aromatic rings. The molecule has 0 heterocycles. The van der Waals surface area contributed by atoms with E-state index in [-0.39, 0.29) is 11.9 Å². The van der Waals surface area contributed by atoms with E-state index in [1.807, 2.05) is 29.2 Å². The molecule has 0 N–H and O–H groups in total. The molecule has 0 aliphatic carbocycles. The third kappa shape index (κ3) is 3.82. The number of benzene rings is 1. The average molecular weight is 314 g/mol. The zero-order chi connectivity index (χ0) is 13.5. The standard InChI is InChI=1S/C14H20BrNO2/c1-4-11(2)16(9-10-18-3)14(17)12-7-5-6-8-13(12)15/h5-8,11H,4,9-10H2,1-3H3. The van der Waals surface area contributed by atoms with Gasteiger partial charge in [-0.2, -0.15) is 0 Å². The Kier molecular flexibility index (Phi) is 6.36. The van der Waals surface area contributed by atoms with Gasteiger partial charge in [0.25, 0.3) is 5.91 Å². The molecule has 0 bridgehead atoms. The van der Waals surface area contributed by atoms with Gasteiger partial charge in [0.15, 0.2) is 0 Å². The molecule has 1 amide bonds. The van der Waals surface area contributed by atoms with Gasteiger partial charge in [0.1, 0.15) is 0 Å². The van der Waals surface area contributed by atoms with Crippen LogP contribution >= 0.6 is 15.9 Å². The van der Waals surface area contributed by atoms with Crippen LogP contribution in [0, 0.1) is 0 Å². The molecule has 18 heavy (non-hydrogen) atoms. The van der Waals surface area contributed by atoms with Crippen LogP contribution in [-0.2, 0) is 4.74 Å². The molecule has 3 nitrogen and oxygen atoms in total. The molecule has 0 radical (unpaired) electrons. The zero-order valence-corrected chi connectivity index (χ0v) is 12.7. The van der Waals surface area contributed by atoms with E-state index in [1.54, 1.807) is 7.11 Å². The third-order valence-electron chi connectivity index (χ3n) is 3.02. The Morgan fingerprint density at radius 2 is 2.11 bits per heavy atom. The van der Waals surface area contributed by atoms with Gasteiger partial charge in [-0.1, -0.05) is 19.1 Å². The van der Waals surface area contributed by atoms with E-state index in [1.165, 1.54) is 0 Å². The number of hydrogen-bond acceptors (Lipinski definition) is 2. The van der Waals surface area contributed by atoms with Crippen molar-refractivity contribution in [2.75, 3.05) is 20.3 Å². The summed E-state index contributed by atoms with van der Waals surface area (Å²) in [5, 5.41) is 0. The molecule has 0 aliphatic rings. The first kappa shape index (κ1) is 15.2. The van der Waals surface area contributed by atoms with Crippen LogP contribution < -0.4 is 0 Å². The second-order valence-corrected chi connectivity index (χ2v) is 5.08. The van der Waals surface area contributed by atoms with Crippen molar-refractivity contribution in [3.63, 3.8) is 0 Å². The molecule has 100 valence electrons. The van der Waals surface area contributed by atoms with Crippen molar-refractivity contribution in [1.82, 2.24) is 4.90 Å². The molecule has 0 aliphatic heterocycles. The maximum absolute atomic E-state index is 12.5. The van der Waals surface area contributed by atoms with Crippen molar-refractivity contribution >= 4 is 21.8 Å². The number of halogens is 1. The lowest BCUT2D eigenvalue weighted by molar-refractivity contribution is 0.0613. The Labute approximate surface area is 117 Å². The number of hydrogen-bond donors (Lipinski definition) is 0. The molecular weight excluding hydrogens is 294 g/mol. The summed E-state index contributed by atoms with van der Waals surface area (Å²) in [7, 11) is 1.65. The van der Waals surface area contributed by atoms with Crippen molar-refractivity contribution in [2.45, 2.75) is 26.3 Å². The topological polar surface area (TPSA) is 29.5 Å². The summed E-state index contributed by atoms with van der Waals surface area (Å²) in [5.41, 5.74) is 0.703. The lowest BCUT2D eigenvalue weighted by Gasteiger charge is -2.28. The Morgan fingerprint density at radius 3 is 2.67 bits per heavy atom. The van der Waals surface area contributed by atoms with E-state index in [0.29, 0.717) is 18.7 Å². The minimum absolute atomic E-state index is 0.0499. The van der Waals surface area contributed by atoms with Crippen LogP contribution in [-0.4, -0.2) is 37.1 Å². The normalized spacial score (nSPS) is 12.2. The number of rotatable bonds is 6. The Bertz CT molecular complexity index is 395. The van der Waals surface area contributed by atoms with Gasteiger partial charge in [-0.15, -0.1) is 0 Å². The van der Waals surface area contributed by atoms with Gasteiger partial charge in [-0.25, -0.2) is 0 Å². The average Bonchev–Trinajstić information content (AvgIpc) is 2.39. The summed E-state index contributed by atoms with van der Waals surface area (Å²) in [6, 6.07) is 7.72. The highest BCUT2D eigenvalue weighted by Gasteiger charge is 2.21. The molecule has 0 fully saturated rings. The van der Waals surface area contributed by atoms with Gasteiger partial charge in [0.05, 0.1) is 12.2 Å². The second kappa shape index (κ2) is 7.54. The monoisotopic (exact) mass is 313 g/mol. The van der Waals surface area contributed by atoms with Crippen LogP contribution in [0.2, 0.25) is 0 Å². The smallest absolute Gasteiger partial charge is 0.255 e. The third-order valence-corrected chi connectivity index (χ3v) is 3.72. The largest absolute Gasteiger partial charge is 0.383 e. The van der Waals surface area contributed by atoms with Crippen LogP contribution in [0.4, 0.5) is 0 Å². The van der Waals surface area contributed by atoms with E-state index in [2.05, 4.69) is 29.8 Å². The summed E-state index contributed by atoms with van der Waals surface area (Å²) in [5.74, 6) is 0.0499. The summed E-state index contributed by atoms with van der Waals surface area (Å²) in [4.78, 5) is 14.4. The van der Waals surface area contributed by atoms with Crippen molar-refractivity contribution in [2.24, 2.45) is 0 Å². The number of nitrogens with zero attached hydrogens (tertiary/aromatic N) is 1.